The molecule has 0 bridgehead atoms. The maximum atomic E-state index is 12.1. The van der Waals surface area contributed by atoms with Crippen LogP contribution in [0.15, 0.2) is 18.2 Å². The Bertz CT molecular complexity index is 436. The van der Waals surface area contributed by atoms with Crippen LogP contribution in [0.1, 0.15) is 49.9 Å². The van der Waals surface area contributed by atoms with Crippen molar-refractivity contribution in [3.8, 4) is 5.75 Å². The number of rotatable bonds is 10. The summed E-state index contributed by atoms with van der Waals surface area (Å²) in [6, 6.07) is 5.31. The lowest BCUT2D eigenvalue weighted by molar-refractivity contribution is 0.0495. The molecule has 0 saturated heterocycles. The normalized spacial score (nSPS) is 10.2. The predicted octanol–water partition coefficient (Wildman–Crippen LogP) is 3.15. The van der Waals surface area contributed by atoms with E-state index in [4.69, 9.17) is 15.2 Å². The van der Waals surface area contributed by atoms with Gasteiger partial charge in [-0.2, -0.15) is 0 Å². The van der Waals surface area contributed by atoms with E-state index in [9.17, 15) is 4.79 Å². The van der Waals surface area contributed by atoms with Crippen LogP contribution in [0.3, 0.4) is 0 Å². The number of benzene rings is 1. The first-order valence-electron chi connectivity index (χ1n) is 7.60. The summed E-state index contributed by atoms with van der Waals surface area (Å²) in [7, 11) is 0. The SMILES string of the molecule is CCCCOC(=O)c1ccc(NCN)cc1OCCCC. The molecule has 0 radical (unpaired) electrons. The van der Waals surface area contributed by atoms with Gasteiger partial charge in [0, 0.05) is 11.8 Å². The molecule has 118 valence electrons. The summed E-state index contributed by atoms with van der Waals surface area (Å²) in [5.74, 6) is 0.206. The third-order valence-corrected chi connectivity index (χ3v) is 2.99. The second-order valence-corrected chi connectivity index (χ2v) is 4.78. The molecule has 1 aromatic carbocycles. The van der Waals surface area contributed by atoms with Gasteiger partial charge in [0.15, 0.2) is 0 Å². The Kier molecular flexibility index (Phi) is 8.28. The third-order valence-electron chi connectivity index (χ3n) is 2.99. The zero-order valence-electron chi connectivity index (χ0n) is 13.0. The summed E-state index contributed by atoms with van der Waals surface area (Å²) in [6.07, 6.45) is 3.84. The van der Waals surface area contributed by atoms with Crippen LogP contribution < -0.4 is 15.8 Å². The van der Waals surface area contributed by atoms with Gasteiger partial charge in [-0.3, -0.25) is 0 Å². The minimum atomic E-state index is -0.339. The van der Waals surface area contributed by atoms with E-state index in [2.05, 4.69) is 19.2 Å². The Morgan fingerprint density at radius 2 is 1.90 bits per heavy atom. The number of hydrogen-bond acceptors (Lipinski definition) is 5. The standard InChI is InChI=1S/C16H26N2O3/c1-3-5-9-20-15-11-13(18-12-17)7-8-14(15)16(19)21-10-6-4-2/h7-8,11,18H,3-6,9-10,12,17H2,1-2H3. The summed E-state index contributed by atoms with van der Waals surface area (Å²) in [4.78, 5) is 12.1. The molecule has 5 heteroatoms. The Morgan fingerprint density at radius 3 is 2.57 bits per heavy atom. The Labute approximate surface area is 126 Å². The molecule has 0 atom stereocenters. The molecular weight excluding hydrogens is 268 g/mol. The first-order chi connectivity index (χ1) is 10.2. The van der Waals surface area contributed by atoms with Crippen LogP contribution in [-0.4, -0.2) is 25.9 Å². The summed E-state index contributed by atoms with van der Waals surface area (Å²) in [5, 5.41) is 3.00. The minimum absolute atomic E-state index is 0.328. The first-order valence-corrected chi connectivity index (χ1v) is 7.60. The van der Waals surface area contributed by atoms with Crippen molar-refractivity contribution in [2.45, 2.75) is 39.5 Å². The van der Waals surface area contributed by atoms with Gasteiger partial charge >= 0.3 is 5.97 Å². The molecule has 0 heterocycles. The van der Waals surface area contributed by atoms with Gasteiger partial charge in [-0.15, -0.1) is 0 Å². The van der Waals surface area contributed by atoms with Gasteiger partial charge in [0.05, 0.1) is 19.9 Å². The highest BCUT2D eigenvalue weighted by Crippen LogP contribution is 2.24. The lowest BCUT2D eigenvalue weighted by Crippen LogP contribution is -2.13. The quantitative estimate of drug-likeness (QED) is 0.394. The van der Waals surface area contributed by atoms with Gasteiger partial charge in [-0.1, -0.05) is 26.7 Å². The van der Waals surface area contributed by atoms with Gasteiger partial charge in [-0.05, 0) is 25.0 Å². The highest BCUT2D eigenvalue weighted by molar-refractivity contribution is 5.93. The molecule has 0 aliphatic carbocycles. The molecule has 0 amide bonds. The Balaban J connectivity index is 2.80. The van der Waals surface area contributed by atoms with Gasteiger partial charge < -0.3 is 20.5 Å². The Hall–Kier alpha value is -1.75. The fraction of sp³-hybridized carbons (Fsp3) is 0.562. The molecule has 0 spiro atoms. The molecule has 0 aliphatic heterocycles. The summed E-state index contributed by atoms with van der Waals surface area (Å²) < 4.78 is 11.0. The summed E-state index contributed by atoms with van der Waals surface area (Å²) in [5.41, 5.74) is 6.76. The number of nitrogens with one attached hydrogen (secondary N) is 1. The van der Waals surface area contributed by atoms with Crippen molar-refractivity contribution in [3.63, 3.8) is 0 Å². The molecule has 0 aromatic heterocycles. The number of carbonyl (C=O) groups is 1. The van der Waals surface area contributed by atoms with Crippen molar-refractivity contribution in [1.82, 2.24) is 0 Å². The second kappa shape index (κ2) is 10.0. The number of ether oxygens (including phenoxy) is 2. The van der Waals surface area contributed by atoms with Crippen molar-refractivity contribution in [3.05, 3.63) is 23.8 Å². The number of carbonyl (C=O) groups excluding carboxylic acids is 1. The number of unbranched alkanes of at least 4 members (excludes halogenated alkanes) is 2. The number of anilines is 1. The van der Waals surface area contributed by atoms with Crippen molar-refractivity contribution >= 4 is 11.7 Å². The zero-order chi connectivity index (χ0) is 15.5. The van der Waals surface area contributed by atoms with E-state index in [1.165, 1.54) is 0 Å². The number of hydrogen-bond donors (Lipinski definition) is 2. The Morgan fingerprint density at radius 1 is 1.19 bits per heavy atom. The van der Waals surface area contributed by atoms with Gasteiger partial charge in [0.2, 0.25) is 0 Å². The molecule has 5 nitrogen and oxygen atoms in total. The van der Waals surface area contributed by atoms with Gasteiger partial charge in [-0.25, -0.2) is 4.79 Å². The average Bonchev–Trinajstić information content (AvgIpc) is 2.48. The molecule has 0 saturated carbocycles. The van der Waals surface area contributed by atoms with Crippen LogP contribution in [0.2, 0.25) is 0 Å². The van der Waals surface area contributed by atoms with E-state index < -0.39 is 0 Å². The molecule has 21 heavy (non-hydrogen) atoms. The van der Waals surface area contributed by atoms with Crippen LogP contribution in [-0.2, 0) is 4.74 Å². The van der Waals surface area contributed by atoms with Crippen LogP contribution in [0.5, 0.6) is 5.75 Å². The molecule has 0 unspecified atom stereocenters. The molecular formula is C16H26N2O3. The van der Waals surface area contributed by atoms with E-state index >= 15 is 0 Å². The number of nitrogens with two attached hydrogens (primary N) is 1. The highest BCUT2D eigenvalue weighted by atomic mass is 16.5. The smallest absolute Gasteiger partial charge is 0.341 e. The summed E-state index contributed by atoms with van der Waals surface area (Å²) in [6.45, 7) is 5.50. The summed E-state index contributed by atoms with van der Waals surface area (Å²) >= 11 is 0. The van der Waals surface area contributed by atoms with Crippen molar-refractivity contribution < 1.29 is 14.3 Å². The largest absolute Gasteiger partial charge is 0.493 e. The van der Waals surface area contributed by atoms with Crippen LogP contribution in [0.25, 0.3) is 0 Å². The van der Waals surface area contributed by atoms with Crippen molar-refractivity contribution in [2.24, 2.45) is 5.73 Å². The lowest BCUT2D eigenvalue weighted by atomic mass is 10.1. The average molecular weight is 294 g/mol. The van der Waals surface area contributed by atoms with E-state index in [1.54, 1.807) is 18.2 Å². The molecule has 1 aromatic rings. The van der Waals surface area contributed by atoms with Crippen molar-refractivity contribution in [1.29, 1.82) is 0 Å². The maximum absolute atomic E-state index is 12.1. The number of esters is 1. The van der Waals surface area contributed by atoms with Crippen molar-refractivity contribution in [2.75, 3.05) is 25.2 Å². The molecule has 0 fully saturated rings. The molecule has 1 rings (SSSR count). The zero-order valence-corrected chi connectivity index (χ0v) is 13.0. The second-order valence-electron chi connectivity index (χ2n) is 4.78. The van der Waals surface area contributed by atoms with E-state index in [0.717, 1.165) is 31.4 Å². The minimum Gasteiger partial charge on any atom is -0.493 e. The maximum Gasteiger partial charge on any atom is 0.341 e. The fourth-order valence-corrected chi connectivity index (χ4v) is 1.75. The van der Waals surface area contributed by atoms with E-state index in [1.807, 2.05) is 0 Å². The predicted molar refractivity (Wildman–Crippen MR) is 84.7 cm³/mol. The van der Waals surface area contributed by atoms with Crippen LogP contribution in [0.4, 0.5) is 5.69 Å². The van der Waals surface area contributed by atoms with E-state index in [-0.39, 0.29) is 5.97 Å². The third kappa shape index (κ3) is 6.04. The molecule has 0 aliphatic rings. The van der Waals surface area contributed by atoms with E-state index in [0.29, 0.717) is 31.2 Å². The van der Waals surface area contributed by atoms with Crippen LogP contribution >= 0.6 is 0 Å². The van der Waals surface area contributed by atoms with Crippen LogP contribution in [0, 0.1) is 0 Å². The van der Waals surface area contributed by atoms with Gasteiger partial charge in [0.25, 0.3) is 0 Å². The fourth-order valence-electron chi connectivity index (χ4n) is 1.75. The first kappa shape index (κ1) is 17.3. The van der Waals surface area contributed by atoms with Gasteiger partial charge in [0.1, 0.15) is 11.3 Å². The topological polar surface area (TPSA) is 73.6 Å². The lowest BCUT2D eigenvalue weighted by Gasteiger charge is -2.13. The highest BCUT2D eigenvalue weighted by Gasteiger charge is 2.14. The molecule has 3 N–H and O–H groups in total. The monoisotopic (exact) mass is 294 g/mol.